The van der Waals surface area contributed by atoms with Crippen LogP contribution in [0, 0.1) is 0 Å². The second kappa shape index (κ2) is 10.7. The first-order valence-electron chi connectivity index (χ1n) is 8.57. The zero-order chi connectivity index (χ0) is 20.5. The van der Waals surface area contributed by atoms with Crippen molar-refractivity contribution in [2.75, 3.05) is 20.8 Å². The van der Waals surface area contributed by atoms with Gasteiger partial charge in [-0.2, -0.15) is 0 Å². The summed E-state index contributed by atoms with van der Waals surface area (Å²) in [4.78, 5) is 24.9. The lowest BCUT2D eigenvalue weighted by Gasteiger charge is -2.15. The van der Waals surface area contributed by atoms with Crippen molar-refractivity contribution < 1.29 is 23.8 Å². The summed E-state index contributed by atoms with van der Waals surface area (Å²) < 4.78 is 15.5. The Morgan fingerprint density at radius 1 is 1.32 bits per heavy atom. The van der Waals surface area contributed by atoms with Crippen molar-refractivity contribution in [3.05, 3.63) is 51.2 Å². The van der Waals surface area contributed by atoms with Crippen LogP contribution in [0.25, 0.3) is 6.08 Å². The molecule has 0 fully saturated rings. The Balaban J connectivity index is 2.13. The number of hydrogen-bond acceptors (Lipinski definition) is 6. The number of carbonyl (C=O) groups is 2. The first-order chi connectivity index (χ1) is 13.5. The summed E-state index contributed by atoms with van der Waals surface area (Å²) in [6.07, 6.45) is 3.05. The summed E-state index contributed by atoms with van der Waals surface area (Å²) in [5, 5.41) is 5.10. The number of hydrogen-bond donors (Lipinski definition) is 1. The molecule has 150 valence electrons. The molecule has 8 heteroatoms. The Morgan fingerprint density at radius 3 is 2.71 bits per heavy atom. The number of esters is 1. The number of amides is 1. The lowest BCUT2D eigenvalue weighted by molar-refractivity contribution is -0.141. The largest absolute Gasteiger partial charge is 0.493 e. The molecule has 0 aliphatic carbocycles. The molecule has 0 saturated heterocycles. The highest BCUT2D eigenvalue weighted by Crippen LogP contribution is 2.36. The van der Waals surface area contributed by atoms with Crippen molar-refractivity contribution in [2.24, 2.45) is 0 Å². The predicted octanol–water partition coefficient (Wildman–Crippen LogP) is 4.24. The fourth-order valence-electron chi connectivity index (χ4n) is 2.47. The first kappa shape index (κ1) is 21.8. The van der Waals surface area contributed by atoms with E-state index in [2.05, 4.69) is 5.32 Å². The number of rotatable bonds is 9. The van der Waals surface area contributed by atoms with Gasteiger partial charge in [-0.25, -0.2) is 0 Å². The summed E-state index contributed by atoms with van der Waals surface area (Å²) in [5.41, 5.74) is 0.682. The Labute approximate surface area is 173 Å². The van der Waals surface area contributed by atoms with E-state index in [1.54, 1.807) is 18.2 Å². The number of carbonyl (C=O) groups excluding carboxylic acids is 2. The highest BCUT2D eigenvalue weighted by atomic mass is 35.5. The maximum absolute atomic E-state index is 12.4. The topological polar surface area (TPSA) is 73.9 Å². The summed E-state index contributed by atoms with van der Waals surface area (Å²) in [6.45, 7) is 2.31. The SMILES string of the molecule is CCOc1c(Cl)cc(/C=C/C(=O)NC(CC(=O)OC)c2cccs2)cc1OC. The van der Waals surface area contributed by atoms with E-state index in [0.29, 0.717) is 28.7 Å². The van der Waals surface area contributed by atoms with Crippen LogP contribution in [-0.4, -0.2) is 32.7 Å². The van der Waals surface area contributed by atoms with Crippen molar-refractivity contribution >= 4 is 40.9 Å². The summed E-state index contributed by atoms with van der Waals surface area (Å²) in [6, 6.07) is 6.68. The van der Waals surface area contributed by atoms with Crippen LogP contribution in [0.15, 0.2) is 35.7 Å². The minimum Gasteiger partial charge on any atom is -0.493 e. The van der Waals surface area contributed by atoms with Crippen LogP contribution in [0.5, 0.6) is 11.5 Å². The molecule has 0 aliphatic heterocycles. The second-order valence-corrected chi connectivity index (χ2v) is 7.04. The fourth-order valence-corrected chi connectivity index (χ4v) is 3.53. The van der Waals surface area contributed by atoms with E-state index < -0.39 is 12.0 Å². The van der Waals surface area contributed by atoms with Crippen LogP contribution in [0.3, 0.4) is 0 Å². The van der Waals surface area contributed by atoms with Gasteiger partial charge in [0.15, 0.2) is 11.5 Å². The first-order valence-corrected chi connectivity index (χ1v) is 9.83. The van der Waals surface area contributed by atoms with Crippen LogP contribution in [0.4, 0.5) is 0 Å². The number of thiophene rings is 1. The van der Waals surface area contributed by atoms with Gasteiger partial charge < -0.3 is 19.5 Å². The van der Waals surface area contributed by atoms with Crippen molar-refractivity contribution in [3.63, 3.8) is 0 Å². The minimum absolute atomic E-state index is 0.0549. The summed E-state index contributed by atoms with van der Waals surface area (Å²) >= 11 is 7.70. The molecule has 1 atom stereocenters. The monoisotopic (exact) mass is 423 g/mol. The van der Waals surface area contributed by atoms with Gasteiger partial charge in [0.1, 0.15) is 0 Å². The molecule has 1 aromatic carbocycles. The van der Waals surface area contributed by atoms with Crippen LogP contribution in [0.2, 0.25) is 5.02 Å². The number of halogens is 1. The van der Waals surface area contributed by atoms with E-state index in [1.165, 1.54) is 31.6 Å². The van der Waals surface area contributed by atoms with Gasteiger partial charge in [-0.3, -0.25) is 9.59 Å². The Kier molecular flexibility index (Phi) is 8.35. The van der Waals surface area contributed by atoms with Crippen molar-refractivity contribution in [1.82, 2.24) is 5.32 Å². The molecule has 28 heavy (non-hydrogen) atoms. The molecule has 0 aliphatic rings. The normalized spacial score (nSPS) is 11.9. The lowest BCUT2D eigenvalue weighted by atomic mass is 10.1. The second-order valence-electron chi connectivity index (χ2n) is 5.66. The summed E-state index contributed by atoms with van der Waals surface area (Å²) in [7, 11) is 2.84. The number of methoxy groups -OCH3 is 2. The molecule has 2 rings (SSSR count). The maximum Gasteiger partial charge on any atom is 0.307 e. The number of benzene rings is 1. The number of ether oxygens (including phenoxy) is 3. The molecule has 6 nitrogen and oxygen atoms in total. The van der Waals surface area contributed by atoms with E-state index in [4.69, 9.17) is 25.8 Å². The maximum atomic E-state index is 12.4. The Morgan fingerprint density at radius 2 is 2.11 bits per heavy atom. The predicted molar refractivity (Wildman–Crippen MR) is 110 cm³/mol. The average molecular weight is 424 g/mol. The van der Waals surface area contributed by atoms with Gasteiger partial charge in [0, 0.05) is 11.0 Å². The highest BCUT2D eigenvalue weighted by molar-refractivity contribution is 7.10. The van der Waals surface area contributed by atoms with Crippen molar-refractivity contribution in [2.45, 2.75) is 19.4 Å². The Hall–Kier alpha value is -2.51. The van der Waals surface area contributed by atoms with Gasteiger partial charge in [-0.1, -0.05) is 17.7 Å². The van der Waals surface area contributed by atoms with Crippen LogP contribution >= 0.6 is 22.9 Å². The van der Waals surface area contributed by atoms with E-state index in [-0.39, 0.29) is 12.3 Å². The van der Waals surface area contributed by atoms with Gasteiger partial charge >= 0.3 is 5.97 Å². The average Bonchev–Trinajstić information content (AvgIpc) is 3.22. The molecule has 0 spiro atoms. The van der Waals surface area contributed by atoms with Gasteiger partial charge in [0.05, 0.1) is 38.3 Å². The van der Waals surface area contributed by atoms with Gasteiger partial charge in [0.25, 0.3) is 0 Å². The fraction of sp³-hybridized carbons (Fsp3) is 0.300. The third-order valence-corrected chi connectivity index (χ3v) is 5.04. The molecule has 0 radical (unpaired) electrons. The Bertz CT molecular complexity index is 835. The van der Waals surface area contributed by atoms with Gasteiger partial charge in [-0.15, -0.1) is 11.3 Å². The highest BCUT2D eigenvalue weighted by Gasteiger charge is 2.19. The van der Waals surface area contributed by atoms with E-state index in [1.807, 2.05) is 24.4 Å². The zero-order valence-corrected chi connectivity index (χ0v) is 17.4. The third-order valence-electron chi connectivity index (χ3n) is 3.77. The molecular formula is C20H22ClNO5S. The van der Waals surface area contributed by atoms with Gasteiger partial charge in [-0.05, 0) is 42.1 Å². The van der Waals surface area contributed by atoms with Crippen LogP contribution in [-0.2, 0) is 14.3 Å². The summed E-state index contributed by atoms with van der Waals surface area (Å²) in [5.74, 6) is 0.206. The van der Waals surface area contributed by atoms with Crippen LogP contribution in [0.1, 0.15) is 29.8 Å². The van der Waals surface area contributed by atoms with Crippen LogP contribution < -0.4 is 14.8 Å². The minimum atomic E-state index is -0.456. The molecule has 1 N–H and O–H groups in total. The quantitative estimate of drug-likeness (QED) is 0.482. The molecule has 1 heterocycles. The zero-order valence-electron chi connectivity index (χ0n) is 15.9. The van der Waals surface area contributed by atoms with E-state index in [9.17, 15) is 9.59 Å². The third kappa shape index (κ3) is 6.00. The van der Waals surface area contributed by atoms with E-state index >= 15 is 0 Å². The van der Waals surface area contributed by atoms with Gasteiger partial charge in [0.2, 0.25) is 5.91 Å². The molecule has 1 aromatic heterocycles. The van der Waals surface area contributed by atoms with Crippen molar-refractivity contribution in [1.29, 1.82) is 0 Å². The molecule has 1 amide bonds. The molecule has 0 bridgehead atoms. The molecule has 1 unspecified atom stereocenters. The smallest absolute Gasteiger partial charge is 0.307 e. The number of nitrogens with one attached hydrogen (secondary N) is 1. The molecular weight excluding hydrogens is 402 g/mol. The molecule has 0 saturated carbocycles. The standard InChI is InChI=1S/C20H22ClNO5S/c1-4-27-20-14(21)10-13(11-16(20)25-2)7-8-18(23)22-15(12-19(24)26-3)17-6-5-9-28-17/h5-11,15H,4,12H2,1-3H3,(H,22,23)/b8-7+. The molecule has 2 aromatic rings. The lowest BCUT2D eigenvalue weighted by Crippen LogP contribution is -2.28. The van der Waals surface area contributed by atoms with E-state index in [0.717, 1.165) is 4.88 Å². The van der Waals surface area contributed by atoms with Crippen molar-refractivity contribution in [3.8, 4) is 11.5 Å².